The summed E-state index contributed by atoms with van der Waals surface area (Å²) in [7, 11) is 0. The van der Waals surface area contributed by atoms with Crippen LogP contribution < -0.4 is 5.32 Å². The molecule has 1 N–H and O–H groups in total. The van der Waals surface area contributed by atoms with E-state index in [0.717, 1.165) is 35.5 Å². The van der Waals surface area contributed by atoms with E-state index in [1.807, 2.05) is 42.5 Å². The van der Waals surface area contributed by atoms with Crippen LogP contribution in [0.25, 0.3) is 11.1 Å². The summed E-state index contributed by atoms with van der Waals surface area (Å²) in [5.74, 6) is 0.0988. The van der Waals surface area contributed by atoms with Gasteiger partial charge in [0.2, 0.25) is 5.91 Å². The molecule has 148 valence electrons. The number of benzene rings is 3. The molecule has 3 nitrogen and oxygen atoms in total. The van der Waals surface area contributed by atoms with E-state index >= 15 is 0 Å². The Hall–Kier alpha value is -2.62. The molecule has 0 radical (unpaired) electrons. The molecule has 0 spiro atoms. The third kappa shape index (κ3) is 4.87. The Kier molecular flexibility index (Phi) is 6.28. The number of nitrogens with zero attached hydrogens (tertiary/aromatic N) is 1. The van der Waals surface area contributed by atoms with Crippen LogP contribution in [0.2, 0.25) is 5.02 Å². The smallest absolute Gasteiger partial charge is 0.237 e. The van der Waals surface area contributed by atoms with Crippen molar-refractivity contribution in [3.63, 3.8) is 0 Å². The Morgan fingerprint density at radius 3 is 2.38 bits per heavy atom. The second-order valence-corrected chi connectivity index (χ2v) is 7.91. The predicted octanol–water partition coefficient (Wildman–Crippen LogP) is 5.29. The zero-order valence-corrected chi connectivity index (χ0v) is 17.1. The van der Waals surface area contributed by atoms with E-state index in [2.05, 4.69) is 46.6 Å². The number of hydrogen-bond acceptors (Lipinski definition) is 2. The first-order valence-corrected chi connectivity index (χ1v) is 10.5. The average molecular weight is 405 g/mol. The summed E-state index contributed by atoms with van der Waals surface area (Å²) in [6.07, 6.45) is 1.93. The molecule has 0 bridgehead atoms. The van der Waals surface area contributed by atoms with E-state index in [9.17, 15) is 4.79 Å². The molecule has 4 heteroatoms. The second kappa shape index (κ2) is 9.25. The summed E-state index contributed by atoms with van der Waals surface area (Å²) in [6, 6.07) is 26.5. The molecule has 1 fully saturated rings. The monoisotopic (exact) mass is 404 g/mol. The summed E-state index contributed by atoms with van der Waals surface area (Å²) in [6.45, 7) is 2.18. The van der Waals surface area contributed by atoms with Crippen LogP contribution in [-0.4, -0.2) is 23.4 Å². The molecule has 1 atom stereocenters. The first kappa shape index (κ1) is 19.7. The van der Waals surface area contributed by atoms with E-state index in [0.29, 0.717) is 13.1 Å². The van der Waals surface area contributed by atoms with E-state index in [4.69, 9.17) is 11.6 Å². The predicted molar refractivity (Wildman–Crippen MR) is 119 cm³/mol. The van der Waals surface area contributed by atoms with E-state index in [1.165, 1.54) is 11.1 Å². The molecule has 3 aromatic carbocycles. The van der Waals surface area contributed by atoms with Gasteiger partial charge in [0.05, 0.1) is 6.04 Å². The zero-order chi connectivity index (χ0) is 20.1. The highest BCUT2D eigenvalue weighted by atomic mass is 35.5. The van der Waals surface area contributed by atoms with Crippen molar-refractivity contribution in [1.29, 1.82) is 0 Å². The quantitative estimate of drug-likeness (QED) is 0.605. The van der Waals surface area contributed by atoms with Gasteiger partial charge in [0.25, 0.3) is 0 Å². The van der Waals surface area contributed by atoms with Crippen LogP contribution in [0.15, 0.2) is 78.9 Å². The van der Waals surface area contributed by atoms with Crippen molar-refractivity contribution in [1.82, 2.24) is 10.2 Å². The maximum absolute atomic E-state index is 12.8. The third-order valence-corrected chi connectivity index (χ3v) is 5.89. The van der Waals surface area contributed by atoms with Crippen LogP contribution in [0.5, 0.6) is 0 Å². The van der Waals surface area contributed by atoms with Crippen LogP contribution in [-0.2, 0) is 17.9 Å². The highest BCUT2D eigenvalue weighted by Crippen LogP contribution is 2.24. The lowest BCUT2D eigenvalue weighted by Crippen LogP contribution is -2.42. The maximum Gasteiger partial charge on any atom is 0.237 e. The molecule has 0 saturated carbocycles. The molecule has 3 aromatic rings. The molecular formula is C25H25ClN2O. The lowest BCUT2D eigenvalue weighted by Gasteiger charge is -2.24. The second-order valence-electron chi connectivity index (χ2n) is 7.50. The minimum absolute atomic E-state index is 0.0881. The van der Waals surface area contributed by atoms with Crippen molar-refractivity contribution in [2.45, 2.75) is 32.0 Å². The van der Waals surface area contributed by atoms with Crippen molar-refractivity contribution >= 4 is 17.5 Å². The van der Waals surface area contributed by atoms with Gasteiger partial charge in [0.15, 0.2) is 0 Å². The molecule has 1 aliphatic rings. The zero-order valence-electron chi connectivity index (χ0n) is 16.4. The van der Waals surface area contributed by atoms with Crippen molar-refractivity contribution in [3.05, 3.63) is 95.0 Å². The minimum Gasteiger partial charge on any atom is -0.351 e. The molecule has 1 heterocycles. The van der Waals surface area contributed by atoms with Gasteiger partial charge in [0, 0.05) is 18.1 Å². The van der Waals surface area contributed by atoms with Crippen LogP contribution in [0, 0.1) is 0 Å². The highest BCUT2D eigenvalue weighted by molar-refractivity contribution is 6.31. The Labute approximate surface area is 177 Å². The van der Waals surface area contributed by atoms with Gasteiger partial charge in [-0.25, -0.2) is 0 Å². The maximum atomic E-state index is 12.8. The van der Waals surface area contributed by atoms with Gasteiger partial charge < -0.3 is 5.32 Å². The lowest BCUT2D eigenvalue weighted by molar-refractivity contribution is -0.125. The van der Waals surface area contributed by atoms with Gasteiger partial charge in [-0.3, -0.25) is 9.69 Å². The molecule has 0 unspecified atom stereocenters. The molecule has 4 rings (SSSR count). The fourth-order valence-electron chi connectivity index (χ4n) is 3.91. The Morgan fingerprint density at radius 1 is 0.931 bits per heavy atom. The fraction of sp³-hybridized carbons (Fsp3) is 0.240. The van der Waals surface area contributed by atoms with Crippen LogP contribution in [0.3, 0.4) is 0 Å². The fourth-order valence-corrected chi connectivity index (χ4v) is 4.11. The van der Waals surface area contributed by atoms with Gasteiger partial charge in [-0.2, -0.15) is 0 Å². The number of likely N-dealkylation sites (tertiary alicyclic amines) is 1. The lowest BCUT2D eigenvalue weighted by atomic mass is 10.0. The number of halogens is 1. The van der Waals surface area contributed by atoms with Crippen molar-refractivity contribution in [2.75, 3.05) is 6.54 Å². The number of rotatable bonds is 6. The molecular weight excluding hydrogens is 380 g/mol. The van der Waals surface area contributed by atoms with Gasteiger partial charge in [-0.15, -0.1) is 0 Å². The normalized spacial score (nSPS) is 16.7. The third-order valence-electron chi connectivity index (χ3n) is 5.53. The molecule has 0 aromatic heterocycles. The van der Waals surface area contributed by atoms with Crippen LogP contribution in [0.4, 0.5) is 0 Å². The number of hydrogen-bond donors (Lipinski definition) is 1. The van der Waals surface area contributed by atoms with Crippen LogP contribution >= 0.6 is 11.6 Å². The van der Waals surface area contributed by atoms with E-state index in [-0.39, 0.29) is 11.9 Å². The first-order valence-electron chi connectivity index (χ1n) is 10.1. The van der Waals surface area contributed by atoms with Crippen molar-refractivity contribution in [2.24, 2.45) is 0 Å². The summed E-state index contributed by atoms with van der Waals surface area (Å²) < 4.78 is 0. The van der Waals surface area contributed by atoms with E-state index in [1.54, 1.807) is 0 Å². The molecule has 1 aliphatic heterocycles. The SMILES string of the molecule is O=C(NCc1ccc(-c2ccccc2)cc1)[C@@H]1CCCN1Cc1ccccc1Cl. The number of nitrogens with one attached hydrogen (secondary N) is 1. The minimum atomic E-state index is -0.0881. The standard InChI is InChI=1S/C25H25ClN2O/c26-23-10-5-4-9-22(23)18-28-16-6-11-24(28)25(29)27-17-19-12-14-21(15-13-19)20-7-2-1-3-8-20/h1-5,7-10,12-15,24H,6,11,16-18H2,(H,27,29)/t24-/m0/s1. The number of carbonyl (C=O) groups excluding carboxylic acids is 1. The molecule has 1 amide bonds. The summed E-state index contributed by atoms with van der Waals surface area (Å²) in [5, 5.41) is 3.88. The first-order chi connectivity index (χ1) is 14.2. The number of carbonyl (C=O) groups is 1. The van der Waals surface area contributed by atoms with Crippen molar-refractivity contribution in [3.8, 4) is 11.1 Å². The average Bonchev–Trinajstić information content (AvgIpc) is 3.23. The van der Waals surface area contributed by atoms with Gasteiger partial charge >= 0.3 is 0 Å². The topological polar surface area (TPSA) is 32.3 Å². The largest absolute Gasteiger partial charge is 0.351 e. The van der Waals surface area contributed by atoms with E-state index < -0.39 is 0 Å². The van der Waals surface area contributed by atoms with Gasteiger partial charge in [-0.1, -0.05) is 84.4 Å². The highest BCUT2D eigenvalue weighted by Gasteiger charge is 2.30. The van der Waals surface area contributed by atoms with Gasteiger partial charge in [0.1, 0.15) is 0 Å². The molecule has 0 aliphatic carbocycles. The number of amides is 1. The van der Waals surface area contributed by atoms with Gasteiger partial charge in [-0.05, 0) is 47.7 Å². The Morgan fingerprint density at radius 2 is 1.62 bits per heavy atom. The Balaban J connectivity index is 1.34. The molecule has 1 saturated heterocycles. The Bertz CT molecular complexity index is 956. The van der Waals surface area contributed by atoms with Crippen LogP contribution in [0.1, 0.15) is 24.0 Å². The summed E-state index contributed by atoms with van der Waals surface area (Å²) in [4.78, 5) is 15.0. The summed E-state index contributed by atoms with van der Waals surface area (Å²) >= 11 is 6.30. The summed E-state index contributed by atoms with van der Waals surface area (Å²) in [5.41, 5.74) is 4.56. The molecule has 29 heavy (non-hydrogen) atoms. The van der Waals surface area contributed by atoms with Crippen molar-refractivity contribution < 1.29 is 4.79 Å².